The van der Waals surface area contributed by atoms with Crippen LogP contribution in [0.25, 0.3) is 0 Å². The summed E-state index contributed by atoms with van der Waals surface area (Å²) in [7, 11) is 0. The third-order valence-corrected chi connectivity index (χ3v) is 5.90. The maximum atomic E-state index is 13.1. The maximum Gasteiger partial charge on any atom is 0.573 e. The third kappa shape index (κ3) is 12.0. The highest BCUT2D eigenvalue weighted by Crippen LogP contribution is 2.40. The van der Waals surface area contributed by atoms with E-state index in [2.05, 4.69) is 20.4 Å². The molecule has 0 aliphatic heterocycles. The number of pyridine rings is 1. The lowest BCUT2D eigenvalue weighted by Gasteiger charge is -2.19. The lowest BCUT2D eigenvalue weighted by Crippen LogP contribution is -2.33. The van der Waals surface area contributed by atoms with Crippen LogP contribution in [0.1, 0.15) is 37.6 Å². The van der Waals surface area contributed by atoms with Crippen LogP contribution in [-0.2, 0) is 9.47 Å². The first-order valence-electron chi connectivity index (χ1n) is 13.2. The first-order chi connectivity index (χ1) is 20.7. The van der Waals surface area contributed by atoms with E-state index in [0.717, 1.165) is 12.1 Å². The lowest BCUT2D eigenvalue weighted by atomic mass is 10.1. The number of aromatic nitrogens is 1. The average Bonchev–Trinajstić information content (AvgIpc) is 2.92. The molecule has 0 atom stereocenters. The molecule has 0 spiro atoms. The molecule has 0 aliphatic rings. The fourth-order valence-corrected chi connectivity index (χ4v) is 3.74. The van der Waals surface area contributed by atoms with Crippen molar-refractivity contribution >= 4 is 40.9 Å². The predicted octanol–water partition coefficient (Wildman–Crippen LogP) is 7.64. The maximum absolute atomic E-state index is 13.1. The monoisotopic (exact) mass is 659 g/mol. The summed E-state index contributed by atoms with van der Waals surface area (Å²) in [5.41, 5.74) is -0.239. The van der Waals surface area contributed by atoms with E-state index < -0.39 is 29.7 Å². The van der Waals surface area contributed by atoms with Gasteiger partial charge < -0.3 is 34.3 Å². The number of alkyl halides is 3. The summed E-state index contributed by atoms with van der Waals surface area (Å²) in [6.45, 7) is 5.80. The van der Waals surface area contributed by atoms with Crippen LogP contribution in [0.4, 0.5) is 23.7 Å². The van der Waals surface area contributed by atoms with Gasteiger partial charge >= 0.3 is 12.5 Å². The van der Waals surface area contributed by atoms with Gasteiger partial charge in [0.2, 0.25) is 0 Å². The van der Waals surface area contributed by atoms with Gasteiger partial charge in [-0.3, -0.25) is 9.78 Å². The fourth-order valence-electron chi connectivity index (χ4n) is 3.42. The average molecular weight is 660 g/mol. The third-order valence-electron chi connectivity index (χ3n) is 5.17. The number of nitrogens with one attached hydrogen (secondary N) is 2. The van der Waals surface area contributed by atoms with Crippen LogP contribution in [-0.4, -0.2) is 55.3 Å². The molecule has 3 rings (SSSR count). The second-order valence-electron chi connectivity index (χ2n) is 9.96. The summed E-state index contributed by atoms with van der Waals surface area (Å²) in [5.74, 6) is -1.40. The Morgan fingerprint density at radius 3 is 2.36 bits per heavy atom. The Labute approximate surface area is 261 Å². The molecule has 238 valence electrons. The normalized spacial score (nSPS) is 11.5. The first-order valence-corrected chi connectivity index (χ1v) is 13.9. The van der Waals surface area contributed by atoms with Gasteiger partial charge in [0.25, 0.3) is 5.91 Å². The summed E-state index contributed by atoms with van der Waals surface area (Å²) < 4.78 is 64.9. The molecule has 0 saturated heterocycles. The topological polar surface area (TPSA) is 117 Å². The molecule has 10 nitrogen and oxygen atoms in total. The highest BCUT2D eigenvalue weighted by molar-refractivity contribution is 6.42. The first kappa shape index (κ1) is 34.5. The van der Waals surface area contributed by atoms with Gasteiger partial charge in [0, 0.05) is 31.5 Å². The van der Waals surface area contributed by atoms with Gasteiger partial charge in [-0.25, -0.2) is 4.79 Å². The molecule has 0 fully saturated rings. The van der Waals surface area contributed by atoms with Gasteiger partial charge in [0.15, 0.2) is 11.5 Å². The molecule has 0 aliphatic carbocycles. The van der Waals surface area contributed by atoms with E-state index in [9.17, 15) is 22.8 Å². The second kappa shape index (κ2) is 15.7. The van der Waals surface area contributed by atoms with E-state index in [-0.39, 0.29) is 52.7 Å². The summed E-state index contributed by atoms with van der Waals surface area (Å²) in [6.07, 6.45) is -2.05. The Kier molecular flexibility index (Phi) is 12.3. The van der Waals surface area contributed by atoms with Crippen molar-refractivity contribution in [2.75, 3.05) is 31.7 Å². The van der Waals surface area contributed by atoms with Crippen molar-refractivity contribution in [3.05, 3.63) is 70.5 Å². The van der Waals surface area contributed by atoms with E-state index in [1.165, 1.54) is 30.6 Å². The number of anilines is 1. The standard InChI is InChI=1S/C29H30Cl2F3N3O7/c1-28(2,3)44-27(39)36-10-5-11-40-12-13-41-25-14-19(43-29(32,33)34)7-8-23(25)42-24-16-22(31)21(30)15-20(24)26(38)37-18-6-4-9-35-17-18/h4,6-9,14-17H,5,10-13H2,1-3H3,(H,36,39)(H,37,38). The summed E-state index contributed by atoms with van der Waals surface area (Å²) in [5, 5.41) is 5.39. The number of hydrogen-bond donors (Lipinski definition) is 2. The zero-order valence-corrected chi connectivity index (χ0v) is 25.4. The minimum absolute atomic E-state index is 0.0202. The van der Waals surface area contributed by atoms with Crippen LogP contribution in [0.3, 0.4) is 0 Å². The SMILES string of the molecule is CC(C)(C)OC(=O)NCCCOCCOc1cc(OC(F)(F)F)ccc1Oc1cc(Cl)c(Cl)cc1C(=O)Nc1cccnc1. The van der Waals surface area contributed by atoms with Gasteiger partial charge in [0.1, 0.15) is 23.7 Å². The number of ether oxygens (including phenoxy) is 5. The van der Waals surface area contributed by atoms with Crippen molar-refractivity contribution in [3.63, 3.8) is 0 Å². The van der Waals surface area contributed by atoms with Crippen LogP contribution in [0.2, 0.25) is 10.0 Å². The number of hydrogen-bond acceptors (Lipinski definition) is 8. The van der Waals surface area contributed by atoms with Crippen molar-refractivity contribution in [1.29, 1.82) is 0 Å². The summed E-state index contributed by atoms with van der Waals surface area (Å²) in [6, 6.07) is 9.02. The number of benzene rings is 2. The van der Waals surface area contributed by atoms with Gasteiger partial charge in [-0.15, -0.1) is 13.2 Å². The molecule has 2 amide bonds. The largest absolute Gasteiger partial charge is 0.573 e. The molecular formula is C29H30Cl2F3N3O7. The van der Waals surface area contributed by atoms with Crippen molar-refractivity contribution in [1.82, 2.24) is 10.3 Å². The highest BCUT2D eigenvalue weighted by atomic mass is 35.5. The molecule has 2 N–H and O–H groups in total. The molecule has 0 saturated carbocycles. The Morgan fingerprint density at radius 2 is 1.68 bits per heavy atom. The molecular weight excluding hydrogens is 630 g/mol. The Hall–Kier alpha value is -3.94. The van der Waals surface area contributed by atoms with E-state index in [1.807, 2.05) is 0 Å². The van der Waals surface area contributed by atoms with Crippen molar-refractivity contribution in [3.8, 4) is 23.0 Å². The van der Waals surface area contributed by atoms with Gasteiger partial charge in [0.05, 0.1) is 34.1 Å². The Balaban J connectivity index is 1.69. The molecule has 0 unspecified atom stereocenters. The molecule has 0 radical (unpaired) electrons. The number of alkyl carbamates (subject to hydrolysis) is 1. The van der Waals surface area contributed by atoms with Crippen molar-refractivity contribution in [2.45, 2.75) is 39.2 Å². The zero-order valence-electron chi connectivity index (χ0n) is 23.9. The highest BCUT2D eigenvalue weighted by Gasteiger charge is 2.31. The molecule has 3 aromatic rings. The smallest absolute Gasteiger partial charge is 0.487 e. The molecule has 2 aromatic carbocycles. The van der Waals surface area contributed by atoms with Gasteiger partial charge in [-0.05, 0) is 57.5 Å². The minimum Gasteiger partial charge on any atom is -0.487 e. The van der Waals surface area contributed by atoms with Gasteiger partial charge in [-0.2, -0.15) is 0 Å². The van der Waals surface area contributed by atoms with Crippen LogP contribution in [0.5, 0.6) is 23.0 Å². The van der Waals surface area contributed by atoms with Crippen molar-refractivity contribution in [2.24, 2.45) is 0 Å². The molecule has 0 bridgehead atoms. The number of amides is 2. The van der Waals surface area contributed by atoms with Crippen LogP contribution >= 0.6 is 23.2 Å². The summed E-state index contributed by atoms with van der Waals surface area (Å²) >= 11 is 12.3. The van der Waals surface area contributed by atoms with Gasteiger partial charge in [-0.1, -0.05) is 23.2 Å². The summed E-state index contributed by atoms with van der Waals surface area (Å²) in [4.78, 5) is 28.7. The van der Waals surface area contributed by atoms with Crippen LogP contribution in [0.15, 0.2) is 54.9 Å². The second-order valence-corrected chi connectivity index (χ2v) is 10.8. The predicted molar refractivity (Wildman–Crippen MR) is 157 cm³/mol. The number of nitrogens with zero attached hydrogens (tertiary/aromatic N) is 1. The van der Waals surface area contributed by atoms with E-state index in [1.54, 1.807) is 32.9 Å². The Morgan fingerprint density at radius 1 is 0.932 bits per heavy atom. The Bertz CT molecular complexity index is 1420. The number of carbonyl (C=O) groups excluding carboxylic acids is 2. The number of halogens is 5. The molecule has 1 aromatic heterocycles. The van der Waals surface area contributed by atoms with E-state index in [0.29, 0.717) is 18.7 Å². The van der Waals surface area contributed by atoms with E-state index in [4.69, 9.17) is 42.1 Å². The van der Waals surface area contributed by atoms with Crippen molar-refractivity contribution < 1.29 is 46.4 Å². The number of carbonyl (C=O) groups is 2. The molecule has 15 heteroatoms. The fraction of sp³-hybridized carbons (Fsp3) is 0.345. The zero-order chi connectivity index (χ0) is 32.3. The lowest BCUT2D eigenvalue weighted by molar-refractivity contribution is -0.274. The molecule has 44 heavy (non-hydrogen) atoms. The minimum atomic E-state index is -4.95. The number of rotatable bonds is 13. The molecule has 1 heterocycles. The van der Waals surface area contributed by atoms with Crippen LogP contribution in [0, 0.1) is 0 Å². The van der Waals surface area contributed by atoms with Crippen LogP contribution < -0.4 is 24.8 Å². The quantitative estimate of drug-likeness (QED) is 0.180. The van der Waals surface area contributed by atoms with E-state index >= 15 is 0 Å².